The Bertz CT molecular complexity index is 860. The largest absolute Gasteiger partial charge is 0.495 e. The van der Waals surface area contributed by atoms with Crippen LogP contribution < -0.4 is 15.8 Å². The van der Waals surface area contributed by atoms with Gasteiger partial charge in [0.2, 0.25) is 0 Å². The lowest BCUT2D eigenvalue weighted by atomic mass is 10.1. The molecule has 0 unspecified atom stereocenters. The number of benzene rings is 2. The summed E-state index contributed by atoms with van der Waals surface area (Å²) in [7, 11) is 3.06. The number of amides is 1. The van der Waals surface area contributed by atoms with E-state index in [0.717, 1.165) is 11.1 Å². The molecule has 0 spiro atoms. The number of nitrogens with one attached hydrogen (secondary N) is 1. The molecule has 25 heavy (non-hydrogen) atoms. The average Bonchev–Trinajstić information content (AvgIpc) is 2.65. The van der Waals surface area contributed by atoms with E-state index in [4.69, 9.17) is 10.5 Å². The molecule has 126 valence electrons. The molecule has 2 rings (SSSR count). The highest BCUT2D eigenvalue weighted by atomic mass is 16.5. The third-order valence-electron chi connectivity index (χ3n) is 3.30. The van der Waals surface area contributed by atoms with Crippen LogP contribution in [0.4, 0.5) is 5.69 Å². The van der Waals surface area contributed by atoms with Crippen molar-refractivity contribution in [3.8, 4) is 17.6 Å². The fraction of sp³-hybridized carbons (Fsp3) is 0.100. The number of ether oxygens (including phenoxy) is 1. The summed E-state index contributed by atoms with van der Waals surface area (Å²) in [5, 5.41) is 2.75. The molecule has 5 nitrogen and oxygen atoms in total. The van der Waals surface area contributed by atoms with Gasteiger partial charge in [-0.3, -0.25) is 9.79 Å². The zero-order valence-corrected chi connectivity index (χ0v) is 14.1. The minimum absolute atomic E-state index is 0.220. The van der Waals surface area contributed by atoms with Crippen molar-refractivity contribution in [3.63, 3.8) is 0 Å². The summed E-state index contributed by atoms with van der Waals surface area (Å²) in [5.74, 6) is 6.30. The molecule has 3 N–H and O–H groups in total. The van der Waals surface area contributed by atoms with Crippen molar-refractivity contribution >= 4 is 17.3 Å². The van der Waals surface area contributed by atoms with E-state index in [1.54, 1.807) is 12.1 Å². The van der Waals surface area contributed by atoms with Gasteiger partial charge in [-0.05, 0) is 42.6 Å². The maximum atomic E-state index is 12.2. The molecule has 0 fully saturated rings. The molecule has 0 radical (unpaired) electrons. The second-order valence-corrected chi connectivity index (χ2v) is 4.95. The van der Waals surface area contributed by atoms with E-state index >= 15 is 0 Å². The summed E-state index contributed by atoms with van der Waals surface area (Å²) < 4.78 is 5.35. The molecule has 5 heteroatoms. The van der Waals surface area contributed by atoms with E-state index in [9.17, 15) is 4.79 Å². The molecule has 0 heterocycles. The van der Waals surface area contributed by atoms with E-state index in [2.05, 4.69) is 22.2 Å². The number of carbonyl (C=O) groups is 1. The average molecular weight is 333 g/mol. The molecule has 0 saturated heterocycles. The Balaban J connectivity index is 2.22. The molecule has 2 aromatic carbocycles. The van der Waals surface area contributed by atoms with E-state index in [0.29, 0.717) is 11.4 Å². The van der Waals surface area contributed by atoms with Gasteiger partial charge in [0.05, 0.1) is 12.8 Å². The third kappa shape index (κ3) is 4.98. The first-order valence-electron chi connectivity index (χ1n) is 7.59. The van der Waals surface area contributed by atoms with Crippen LogP contribution in [0.25, 0.3) is 0 Å². The van der Waals surface area contributed by atoms with Gasteiger partial charge in [-0.1, -0.05) is 30.0 Å². The fourth-order valence-electron chi connectivity index (χ4n) is 2.07. The van der Waals surface area contributed by atoms with Crippen molar-refractivity contribution in [3.05, 3.63) is 71.9 Å². The van der Waals surface area contributed by atoms with Crippen molar-refractivity contribution in [1.82, 2.24) is 0 Å². The smallest absolute Gasteiger partial charge is 0.273 e. The molecule has 0 aromatic heterocycles. The summed E-state index contributed by atoms with van der Waals surface area (Å²) >= 11 is 0. The number of methoxy groups -OCH3 is 1. The Morgan fingerprint density at radius 3 is 2.52 bits per heavy atom. The Kier molecular flexibility index (Phi) is 6.38. The number of carbonyl (C=O) groups excluding carboxylic acids is 1. The van der Waals surface area contributed by atoms with Crippen LogP contribution in [-0.4, -0.2) is 25.8 Å². The summed E-state index contributed by atoms with van der Waals surface area (Å²) in [5.41, 5.74) is 7.77. The Hall–Kier alpha value is -3.52. The normalized spacial score (nSPS) is 10.9. The molecular formula is C20H19N3O2. The van der Waals surface area contributed by atoms with Gasteiger partial charge in [-0.25, -0.2) is 0 Å². The van der Waals surface area contributed by atoms with E-state index in [1.165, 1.54) is 26.4 Å². The Labute approximate surface area is 147 Å². The second kappa shape index (κ2) is 8.94. The lowest BCUT2D eigenvalue weighted by Crippen LogP contribution is -2.21. The summed E-state index contributed by atoms with van der Waals surface area (Å²) in [6.45, 7) is 0. The number of nitrogens with two attached hydrogens (primary N) is 1. The predicted octanol–water partition coefficient (Wildman–Crippen LogP) is 2.58. The lowest BCUT2D eigenvalue weighted by Gasteiger charge is -2.10. The molecule has 0 atom stereocenters. The standard InChI is InChI=1S/C20H19N3O2/c1-22-18(12-13-21)20(24)23-17-11-10-16(14-19(17)25-2)9-8-15-6-4-3-5-7-15/h3-7,10-14H,21H2,1-2H3,(H,23,24). The lowest BCUT2D eigenvalue weighted by molar-refractivity contribution is -0.110. The van der Waals surface area contributed by atoms with Gasteiger partial charge in [0.25, 0.3) is 5.91 Å². The predicted molar refractivity (Wildman–Crippen MR) is 101 cm³/mol. The van der Waals surface area contributed by atoms with Gasteiger partial charge in [-0.15, -0.1) is 0 Å². The van der Waals surface area contributed by atoms with Gasteiger partial charge in [0, 0.05) is 18.2 Å². The van der Waals surface area contributed by atoms with Crippen molar-refractivity contribution in [2.75, 3.05) is 19.5 Å². The van der Waals surface area contributed by atoms with Gasteiger partial charge in [0.1, 0.15) is 11.5 Å². The van der Waals surface area contributed by atoms with Crippen LogP contribution in [0, 0.1) is 11.8 Å². The highest BCUT2D eigenvalue weighted by molar-refractivity contribution is 6.47. The van der Waals surface area contributed by atoms with E-state index < -0.39 is 0 Å². The number of aliphatic imine (C=N–C) groups is 1. The van der Waals surface area contributed by atoms with Gasteiger partial charge in [-0.2, -0.15) is 0 Å². The molecule has 2 aromatic rings. The van der Waals surface area contributed by atoms with Crippen LogP contribution in [0.2, 0.25) is 0 Å². The minimum atomic E-state index is -0.370. The molecule has 0 aliphatic carbocycles. The van der Waals surface area contributed by atoms with Crippen molar-refractivity contribution in [1.29, 1.82) is 0 Å². The van der Waals surface area contributed by atoms with E-state index in [1.807, 2.05) is 36.4 Å². The quantitative estimate of drug-likeness (QED) is 0.667. The van der Waals surface area contributed by atoms with Crippen LogP contribution in [0.15, 0.2) is 65.8 Å². The molecule has 1 amide bonds. The molecule has 0 bridgehead atoms. The van der Waals surface area contributed by atoms with Crippen LogP contribution in [0.5, 0.6) is 5.75 Å². The molecule has 0 saturated carbocycles. The maximum absolute atomic E-state index is 12.2. The Morgan fingerprint density at radius 1 is 1.16 bits per heavy atom. The second-order valence-electron chi connectivity index (χ2n) is 4.95. The number of nitrogens with zero attached hydrogens (tertiary/aromatic N) is 1. The third-order valence-corrected chi connectivity index (χ3v) is 3.30. The first-order chi connectivity index (χ1) is 12.2. The van der Waals surface area contributed by atoms with Crippen LogP contribution in [0.1, 0.15) is 11.1 Å². The number of rotatable bonds is 4. The van der Waals surface area contributed by atoms with Gasteiger partial charge < -0.3 is 15.8 Å². The minimum Gasteiger partial charge on any atom is -0.495 e. The summed E-state index contributed by atoms with van der Waals surface area (Å²) in [6.07, 6.45) is 2.70. The number of anilines is 1. The Morgan fingerprint density at radius 2 is 1.88 bits per heavy atom. The topological polar surface area (TPSA) is 76.7 Å². The van der Waals surface area contributed by atoms with Gasteiger partial charge >= 0.3 is 0 Å². The number of hydrogen-bond donors (Lipinski definition) is 2. The first kappa shape index (κ1) is 17.8. The van der Waals surface area contributed by atoms with E-state index in [-0.39, 0.29) is 11.6 Å². The summed E-state index contributed by atoms with van der Waals surface area (Å²) in [6, 6.07) is 15.0. The van der Waals surface area contributed by atoms with Crippen molar-refractivity contribution in [2.45, 2.75) is 0 Å². The van der Waals surface area contributed by atoms with Crippen molar-refractivity contribution < 1.29 is 9.53 Å². The fourth-order valence-corrected chi connectivity index (χ4v) is 2.07. The van der Waals surface area contributed by atoms with Crippen LogP contribution in [-0.2, 0) is 4.79 Å². The van der Waals surface area contributed by atoms with Crippen LogP contribution >= 0.6 is 0 Å². The van der Waals surface area contributed by atoms with Gasteiger partial charge in [0.15, 0.2) is 0 Å². The first-order valence-corrected chi connectivity index (χ1v) is 7.59. The maximum Gasteiger partial charge on any atom is 0.273 e. The highest BCUT2D eigenvalue weighted by Gasteiger charge is 2.11. The SMILES string of the molecule is CN=C(C=CN)C(=O)Nc1ccc(C#Cc2ccccc2)cc1OC. The zero-order chi connectivity index (χ0) is 18.1. The molecule has 0 aliphatic rings. The highest BCUT2D eigenvalue weighted by Crippen LogP contribution is 2.25. The van der Waals surface area contributed by atoms with Crippen LogP contribution in [0.3, 0.4) is 0 Å². The monoisotopic (exact) mass is 333 g/mol. The molecular weight excluding hydrogens is 314 g/mol. The van der Waals surface area contributed by atoms with Crippen molar-refractivity contribution in [2.24, 2.45) is 10.7 Å². The zero-order valence-electron chi connectivity index (χ0n) is 14.1. The number of hydrogen-bond acceptors (Lipinski definition) is 4. The molecule has 0 aliphatic heterocycles. The summed E-state index contributed by atoms with van der Waals surface area (Å²) in [4.78, 5) is 16.0.